The molecule has 0 amide bonds. The fraction of sp³-hybridized carbons (Fsp3) is 0.667. The Hall–Kier alpha value is -0.970. The second-order valence-electron chi connectivity index (χ2n) is 5.13. The molecule has 0 unspecified atom stereocenters. The quantitative estimate of drug-likeness (QED) is 0.828. The number of nitrogens with zero attached hydrogens (tertiary/aromatic N) is 3. The van der Waals surface area contributed by atoms with Crippen LogP contribution in [0.2, 0.25) is 0 Å². The second kappa shape index (κ2) is 4.37. The van der Waals surface area contributed by atoms with Gasteiger partial charge in [0.1, 0.15) is 17.5 Å². The smallest absolute Gasteiger partial charge is 0.137 e. The minimum absolute atomic E-state index is 0.276. The summed E-state index contributed by atoms with van der Waals surface area (Å²) in [6.07, 6.45) is 0. The Kier molecular flexibility index (Phi) is 3.21. The molecule has 0 atom stereocenters. The number of aryl methyl sites for hydroxylation is 1. The van der Waals surface area contributed by atoms with Crippen molar-refractivity contribution in [2.24, 2.45) is 0 Å². The third-order valence-electron chi connectivity index (χ3n) is 2.99. The highest BCUT2D eigenvalue weighted by Crippen LogP contribution is 2.33. The Morgan fingerprint density at radius 1 is 1.29 bits per heavy atom. The van der Waals surface area contributed by atoms with Crippen molar-refractivity contribution >= 4 is 23.4 Å². The zero-order valence-electron chi connectivity index (χ0n) is 10.9. The Labute approximate surface area is 107 Å². The number of rotatable bonds is 1. The van der Waals surface area contributed by atoms with E-state index < -0.39 is 0 Å². The molecule has 1 aromatic heterocycles. The lowest BCUT2D eigenvalue weighted by Crippen LogP contribution is -2.44. The molecule has 0 bridgehead atoms. The third-order valence-corrected chi connectivity index (χ3v) is 4.29. The second-order valence-corrected chi connectivity index (χ2v) is 6.94. The van der Waals surface area contributed by atoms with Crippen molar-refractivity contribution in [3.63, 3.8) is 0 Å². The number of hydrogen-bond acceptors (Lipinski definition) is 5. The van der Waals surface area contributed by atoms with E-state index in [9.17, 15) is 0 Å². The summed E-state index contributed by atoms with van der Waals surface area (Å²) in [4.78, 5) is 11.1. The van der Waals surface area contributed by atoms with Gasteiger partial charge >= 0.3 is 0 Å². The van der Waals surface area contributed by atoms with Crippen LogP contribution in [-0.2, 0) is 0 Å². The lowest BCUT2D eigenvalue weighted by molar-refractivity contribution is 0.639. The molecule has 4 nitrogen and oxygen atoms in total. The summed E-state index contributed by atoms with van der Waals surface area (Å²) >= 11 is 2.02. The highest BCUT2D eigenvalue weighted by Gasteiger charge is 2.28. The molecule has 5 heteroatoms. The maximum absolute atomic E-state index is 5.91. The number of nitrogens with two attached hydrogens (primary N) is 1. The molecular weight excluding hydrogens is 232 g/mol. The van der Waals surface area contributed by atoms with E-state index in [0.29, 0.717) is 5.82 Å². The van der Waals surface area contributed by atoms with Crippen molar-refractivity contribution in [2.45, 2.75) is 32.4 Å². The number of aromatic nitrogens is 2. The lowest BCUT2D eigenvalue weighted by atomic mass is 10.1. The summed E-state index contributed by atoms with van der Waals surface area (Å²) in [7, 11) is 0. The molecule has 1 aliphatic rings. The molecule has 0 aromatic carbocycles. The Morgan fingerprint density at radius 3 is 2.65 bits per heavy atom. The van der Waals surface area contributed by atoms with Gasteiger partial charge in [0, 0.05) is 29.2 Å². The topological polar surface area (TPSA) is 55.0 Å². The first kappa shape index (κ1) is 12.5. The van der Waals surface area contributed by atoms with E-state index >= 15 is 0 Å². The van der Waals surface area contributed by atoms with Crippen LogP contribution in [0.25, 0.3) is 0 Å². The maximum Gasteiger partial charge on any atom is 0.137 e. The fourth-order valence-electron chi connectivity index (χ4n) is 2.14. The average molecular weight is 252 g/mol. The first-order valence-electron chi connectivity index (χ1n) is 5.89. The van der Waals surface area contributed by atoms with Gasteiger partial charge in [-0.25, -0.2) is 9.97 Å². The van der Waals surface area contributed by atoms with Crippen LogP contribution in [0, 0.1) is 13.8 Å². The molecule has 1 aromatic rings. The highest BCUT2D eigenvalue weighted by atomic mass is 32.2. The van der Waals surface area contributed by atoms with Crippen LogP contribution < -0.4 is 10.6 Å². The molecule has 2 heterocycles. The van der Waals surface area contributed by atoms with Crippen LogP contribution in [0.15, 0.2) is 0 Å². The summed E-state index contributed by atoms with van der Waals surface area (Å²) < 4.78 is 0.276. The fourth-order valence-corrected chi connectivity index (χ4v) is 3.25. The predicted molar refractivity (Wildman–Crippen MR) is 74.7 cm³/mol. The van der Waals surface area contributed by atoms with Crippen molar-refractivity contribution in [3.05, 3.63) is 11.4 Å². The molecule has 17 heavy (non-hydrogen) atoms. The van der Waals surface area contributed by atoms with Gasteiger partial charge < -0.3 is 10.6 Å². The highest BCUT2D eigenvalue weighted by molar-refractivity contribution is 8.00. The van der Waals surface area contributed by atoms with Gasteiger partial charge in [-0.15, -0.1) is 0 Å². The van der Waals surface area contributed by atoms with E-state index in [1.54, 1.807) is 0 Å². The SMILES string of the molecule is Cc1nc(N)c(C)c(N2CCSC(C)(C)C2)n1. The molecular formula is C12H20N4S. The Morgan fingerprint density at radius 2 is 2.00 bits per heavy atom. The summed E-state index contributed by atoms with van der Waals surface area (Å²) in [5.74, 6) is 3.49. The number of thioether (sulfide) groups is 1. The van der Waals surface area contributed by atoms with Crippen molar-refractivity contribution in [3.8, 4) is 0 Å². The maximum atomic E-state index is 5.91. The van der Waals surface area contributed by atoms with E-state index in [4.69, 9.17) is 5.73 Å². The van der Waals surface area contributed by atoms with Crippen molar-refractivity contribution in [1.82, 2.24) is 9.97 Å². The Balaban J connectivity index is 2.34. The van der Waals surface area contributed by atoms with Gasteiger partial charge in [-0.3, -0.25) is 0 Å². The van der Waals surface area contributed by atoms with Crippen LogP contribution in [0.4, 0.5) is 11.6 Å². The zero-order valence-corrected chi connectivity index (χ0v) is 11.8. The molecule has 2 rings (SSSR count). The Bertz CT molecular complexity index is 431. The van der Waals surface area contributed by atoms with E-state index in [-0.39, 0.29) is 4.75 Å². The standard InChI is InChI=1S/C12H20N4S/c1-8-10(13)14-9(2)15-11(8)16-5-6-17-12(3,4)7-16/h5-7H2,1-4H3,(H2,13,14,15). The molecule has 1 saturated heterocycles. The van der Waals surface area contributed by atoms with Crippen LogP contribution in [0.3, 0.4) is 0 Å². The number of anilines is 2. The van der Waals surface area contributed by atoms with Gasteiger partial charge in [0.2, 0.25) is 0 Å². The monoisotopic (exact) mass is 252 g/mol. The summed E-state index contributed by atoms with van der Waals surface area (Å²) in [6, 6.07) is 0. The molecule has 1 fully saturated rings. The number of nitrogen functional groups attached to an aromatic ring is 1. The minimum atomic E-state index is 0.276. The first-order chi connectivity index (χ1) is 7.89. The lowest BCUT2D eigenvalue weighted by Gasteiger charge is -2.38. The molecule has 0 saturated carbocycles. The van der Waals surface area contributed by atoms with Crippen molar-refractivity contribution in [1.29, 1.82) is 0 Å². The molecule has 0 radical (unpaired) electrons. The van der Waals surface area contributed by atoms with Crippen LogP contribution >= 0.6 is 11.8 Å². The van der Waals surface area contributed by atoms with E-state index in [1.807, 2.05) is 25.6 Å². The van der Waals surface area contributed by atoms with Gasteiger partial charge in [0.15, 0.2) is 0 Å². The summed E-state index contributed by atoms with van der Waals surface area (Å²) in [5, 5.41) is 0. The summed E-state index contributed by atoms with van der Waals surface area (Å²) in [6.45, 7) is 10.5. The molecule has 0 spiro atoms. The largest absolute Gasteiger partial charge is 0.383 e. The molecule has 0 aliphatic carbocycles. The van der Waals surface area contributed by atoms with E-state index in [0.717, 1.165) is 36.0 Å². The van der Waals surface area contributed by atoms with Crippen molar-refractivity contribution < 1.29 is 0 Å². The van der Waals surface area contributed by atoms with Gasteiger partial charge in [-0.05, 0) is 27.7 Å². The van der Waals surface area contributed by atoms with E-state index in [2.05, 4.69) is 28.7 Å². The van der Waals surface area contributed by atoms with Crippen LogP contribution in [0.5, 0.6) is 0 Å². The normalized spacial score (nSPS) is 19.4. The van der Waals surface area contributed by atoms with Gasteiger partial charge in [-0.1, -0.05) is 0 Å². The molecule has 2 N–H and O–H groups in total. The van der Waals surface area contributed by atoms with Crippen molar-refractivity contribution in [2.75, 3.05) is 29.5 Å². The molecule has 1 aliphatic heterocycles. The minimum Gasteiger partial charge on any atom is -0.383 e. The predicted octanol–water partition coefficient (Wildman–Crippen LogP) is 2.01. The van der Waals surface area contributed by atoms with Gasteiger partial charge in [0.05, 0.1) is 0 Å². The van der Waals surface area contributed by atoms with Gasteiger partial charge in [0.25, 0.3) is 0 Å². The summed E-state index contributed by atoms with van der Waals surface area (Å²) in [5.41, 5.74) is 6.91. The first-order valence-corrected chi connectivity index (χ1v) is 6.87. The van der Waals surface area contributed by atoms with Crippen LogP contribution in [0.1, 0.15) is 25.2 Å². The van der Waals surface area contributed by atoms with Crippen LogP contribution in [-0.4, -0.2) is 33.6 Å². The average Bonchev–Trinajstić information content (AvgIpc) is 2.22. The van der Waals surface area contributed by atoms with E-state index in [1.165, 1.54) is 0 Å². The zero-order chi connectivity index (χ0) is 12.6. The number of hydrogen-bond donors (Lipinski definition) is 1. The van der Waals surface area contributed by atoms with Gasteiger partial charge in [-0.2, -0.15) is 11.8 Å². The third kappa shape index (κ3) is 2.65. The molecule has 94 valence electrons.